The van der Waals surface area contributed by atoms with Crippen LogP contribution in [0.5, 0.6) is 0 Å². The number of hydrogen-bond acceptors (Lipinski definition) is 5. The average Bonchev–Trinajstić information content (AvgIpc) is 2.83. The van der Waals surface area contributed by atoms with Gasteiger partial charge in [0.15, 0.2) is 0 Å². The minimum Gasteiger partial charge on any atom is -0.397 e. The molecule has 1 aliphatic rings. The molecule has 2 aromatic rings. The third-order valence-electron chi connectivity index (χ3n) is 3.64. The zero-order chi connectivity index (χ0) is 15.0. The van der Waals surface area contributed by atoms with Gasteiger partial charge in [0.1, 0.15) is 11.5 Å². The molecule has 1 aromatic heterocycles. The second-order valence-electron chi connectivity index (χ2n) is 5.40. The Morgan fingerprint density at radius 2 is 2.19 bits per heavy atom. The summed E-state index contributed by atoms with van der Waals surface area (Å²) >= 11 is 0. The Hall–Kier alpha value is -2.50. The van der Waals surface area contributed by atoms with Crippen molar-refractivity contribution in [1.29, 1.82) is 0 Å². The molecule has 1 aromatic carbocycles. The van der Waals surface area contributed by atoms with Gasteiger partial charge in [-0.1, -0.05) is 5.16 Å². The van der Waals surface area contributed by atoms with E-state index in [2.05, 4.69) is 10.5 Å². The molecule has 0 saturated heterocycles. The van der Waals surface area contributed by atoms with E-state index in [-0.39, 0.29) is 5.91 Å². The molecule has 3 N–H and O–H groups in total. The number of carbonyl (C=O) groups is 1. The summed E-state index contributed by atoms with van der Waals surface area (Å²) in [4.78, 5) is 13.5. The number of nitrogen functional groups attached to an aromatic ring is 1. The van der Waals surface area contributed by atoms with Gasteiger partial charge in [-0.2, -0.15) is 0 Å². The number of fused-ring (bicyclic) bond motifs is 1. The van der Waals surface area contributed by atoms with E-state index in [1.54, 1.807) is 0 Å². The number of nitrogens with zero attached hydrogens (tertiary/aromatic N) is 2. The Morgan fingerprint density at radius 1 is 1.38 bits per heavy atom. The molecule has 0 radical (unpaired) electrons. The lowest BCUT2D eigenvalue weighted by Gasteiger charge is -2.24. The van der Waals surface area contributed by atoms with Gasteiger partial charge in [-0.25, -0.2) is 0 Å². The first-order chi connectivity index (χ1) is 10.0. The van der Waals surface area contributed by atoms with Crippen LogP contribution in [0.1, 0.15) is 23.4 Å². The van der Waals surface area contributed by atoms with E-state index in [1.807, 2.05) is 37.1 Å². The third kappa shape index (κ3) is 2.69. The molecule has 6 heteroatoms. The van der Waals surface area contributed by atoms with Crippen LogP contribution in [-0.4, -0.2) is 18.1 Å². The summed E-state index contributed by atoms with van der Waals surface area (Å²) in [6.07, 6.45) is 1.25. The fourth-order valence-corrected chi connectivity index (χ4v) is 2.59. The van der Waals surface area contributed by atoms with Crippen LogP contribution < -0.4 is 16.0 Å². The highest BCUT2D eigenvalue weighted by Gasteiger charge is 2.18. The molecule has 0 bridgehead atoms. The SMILES string of the molecule is Cc1cc(CN(C)c2cc3c(cc2N)CCC(=O)N3)no1. The zero-order valence-electron chi connectivity index (χ0n) is 12.1. The topological polar surface area (TPSA) is 84.4 Å². The molecular formula is C15H18N4O2. The van der Waals surface area contributed by atoms with Crippen LogP contribution in [0.4, 0.5) is 17.1 Å². The standard InChI is InChI=1S/C15H18N4O2/c1-9-5-11(18-21-9)8-19(2)14-7-13-10(6-12(14)16)3-4-15(20)17-13/h5-7H,3-4,8,16H2,1-2H3,(H,17,20). The summed E-state index contributed by atoms with van der Waals surface area (Å²) in [6.45, 7) is 2.45. The maximum absolute atomic E-state index is 11.5. The van der Waals surface area contributed by atoms with Crippen molar-refractivity contribution in [2.75, 3.05) is 23.0 Å². The first kappa shape index (κ1) is 13.5. The molecule has 0 unspecified atom stereocenters. The Kier molecular flexibility index (Phi) is 3.29. The molecule has 3 rings (SSSR count). The van der Waals surface area contributed by atoms with Gasteiger partial charge in [-0.05, 0) is 31.0 Å². The molecule has 0 atom stereocenters. The van der Waals surface area contributed by atoms with Gasteiger partial charge in [0.2, 0.25) is 5.91 Å². The first-order valence-electron chi connectivity index (χ1n) is 6.88. The van der Waals surface area contributed by atoms with Crippen molar-refractivity contribution in [3.63, 3.8) is 0 Å². The van der Waals surface area contributed by atoms with Gasteiger partial charge in [-0.15, -0.1) is 0 Å². The Labute approximate surface area is 122 Å². The number of aryl methyl sites for hydroxylation is 2. The zero-order valence-corrected chi connectivity index (χ0v) is 12.1. The molecule has 1 amide bonds. The van der Waals surface area contributed by atoms with E-state index >= 15 is 0 Å². The minimum absolute atomic E-state index is 0.0491. The van der Waals surface area contributed by atoms with Crippen LogP contribution >= 0.6 is 0 Å². The number of nitrogens with two attached hydrogens (primary N) is 1. The van der Waals surface area contributed by atoms with Crippen molar-refractivity contribution >= 4 is 23.0 Å². The van der Waals surface area contributed by atoms with Gasteiger partial charge < -0.3 is 20.5 Å². The maximum Gasteiger partial charge on any atom is 0.224 e. The molecule has 0 saturated carbocycles. The van der Waals surface area contributed by atoms with Crippen molar-refractivity contribution in [3.05, 3.63) is 35.2 Å². The quantitative estimate of drug-likeness (QED) is 0.844. The number of hydrogen-bond donors (Lipinski definition) is 2. The van der Waals surface area contributed by atoms with E-state index in [0.717, 1.165) is 34.8 Å². The lowest BCUT2D eigenvalue weighted by Crippen LogP contribution is -2.22. The van der Waals surface area contributed by atoms with Gasteiger partial charge in [-0.3, -0.25) is 4.79 Å². The van der Waals surface area contributed by atoms with Crippen molar-refractivity contribution in [1.82, 2.24) is 5.16 Å². The number of aromatic nitrogens is 1. The molecule has 21 heavy (non-hydrogen) atoms. The second-order valence-corrected chi connectivity index (χ2v) is 5.40. The molecule has 0 aliphatic carbocycles. The Bertz CT molecular complexity index is 693. The summed E-state index contributed by atoms with van der Waals surface area (Å²) in [7, 11) is 1.94. The van der Waals surface area contributed by atoms with Crippen molar-refractivity contribution < 1.29 is 9.32 Å². The number of carbonyl (C=O) groups excluding carboxylic acids is 1. The van der Waals surface area contributed by atoms with Crippen molar-refractivity contribution in [2.45, 2.75) is 26.3 Å². The maximum atomic E-state index is 11.5. The predicted molar refractivity (Wildman–Crippen MR) is 81.2 cm³/mol. The first-order valence-corrected chi connectivity index (χ1v) is 6.88. The molecular weight excluding hydrogens is 268 g/mol. The lowest BCUT2D eigenvalue weighted by atomic mass is 10.0. The van der Waals surface area contributed by atoms with Crippen LogP contribution in [0.2, 0.25) is 0 Å². The van der Waals surface area contributed by atoms with E-state index < -0.39 is 0 Å². The van der Waals surface area contributed by atoms with Crippen LogP contribution in [0.15, 0.2) is 22.7 Å². The van der Waals surface area contributed by atoms with Gasteiger partial charge in [0, 0.05) is 25.2 Å². The van der Waals surface area contributed by atoms with Crippen LogP contribution in [0.25, 0.3) is 0 Å². The predicted octanol–water partition coefficient (Wildman–Crippen LogP) is 2.09. The van der Waals surface area contributed by atoms with Gasteiger partial charge in [0.25, 0.3) is 0 Å². The van der Waals surface area contributed by atoms with Crippen LogP contribution in [0.3, 0.4) is 0 Å². The molecule has 0 fully saturated rings. The monoisotopic (exact) mass is 286 g/mol. The summed E-state index contributed by atoms with van der Waals surface area (Å²) in [6, 6.07) is 5.76. The summed E-state index contributed by atoms with van der Waals surface area (Å²) in [5.41, 5.74) is 10.5. The van der Waals surface area contributed by atoms with E-state index in [4.69, 9.17) is 10.3 Å². The highest BCUT2D eigenvalue weighted by atomic mass is 16.5. The molecule has 0 spiro atoms. The summed E-state index contributed by atoms with van der Waals surface area (Å²) in [5, 5.41) is 6.88. The fraction of sp³-hybridized carbons (Fsp3) is 0.333. The largest absolute Gasteiger partial charge is 0.397 e. The molecule has 2 heterocycles. The number of anilines is 3. The minimum atomic E-state index is 0.0491. The third-order valence-corrected chi connectivity index (χ3v) is 3.64. The van der Waals surface area contributed by atoms with E-state index in [0.29, 0.717) is 18.7 Å². The van der Waals surface area contributed by atoms with Crippen LogP contribution in [0, 0.1) is 6.92 Å². The smallest absolute Gasteiger partial charge is 0.224 e. The fourth-order valence-electron chi connectivity index (χ4n) is 2.59. The summed E-state index contributed by atoms with van der Waals surface area (Å²) < 4.78 is 5.07. The van der Waals surface area contributed by atoms with Gasteiger partial charge >= 0.3 is 0 Å². The average molecular weight is 286 g/mol. The van der Waals surface area contributed by atoms with E-state index in [9.17, 15) is 4.79 Å². The second kappa shape index (κ2) is 5.12. The number of nitrogens with one attached hydrogen (secondary N) is 1. The van der Waals surface area contributed by atoms with Crippen molar-refractivity contribution in [2.24, 2.45) is 0 Å². The van der Waals surface area contributed by atoms with Crippen molar-refractivity contribution in [3.8, 4) is 0 Å². The number of amides is 1. The highest BCUT2D eigenvalue weighted by molar-refractivity contribution is 5.95. The Morgan fingerprint density at radius 3 is 2.90 bits per heavy atom. The lowest BCUT2D eigenvalue weighted by molar-refractivity contribution is -0.116. The molecule has 6 nitrogen and oxygen atoms in total. The number of rotatable bonds is 3. The van der Waals surface area contributed by atoms with Gasteiger partial charge in [0.05, 0.1) is 17.9 Å². The normalized spacial score (nSPS) is 13.7. The number of benzene rings is 1. The van der Waals surface area contributed by atoms with E-state index in [1.165, 1.54) is 0 Å². The Balaban J connectivity index is 1.87. The highest BCUT2D eigenvalue weighted by Crippen LogP contribution is 2.33. The molecule has 110 valence electrons. The molecule has 1 aliphatic heterocycles. The van der Waals surface area contributed by atoms with Crippen LogP contribution in [-0.2, 0) is 17.8 Å². The summed E-state index contributed by atoms with van der Waals surface area (Å²) in [5.74, 6) is 0.831.